The highest BCUT2D eigenvalue weighted by molar-refractivity contribution is 7.71. The minimum Gasteiger partial charge on any atom is -0.497 e. The first kappa shape index (κ1) is 17.9. The van der Waals surface area contributed by atoms with Crippen molar-refractivity contribution >= 4 is 23.9 Å². The average Bonchev–Trinajstić information content (AvgIpc) is 3.22. The first-order valence-corrected chi connectivity index (χ1v) is 8.53. The van der Waals surface area contributed by atoms with Crippen molar-refractivity contribution in [2.24, 2.45) is 0 Å². The summed E-state index contributed by atoms with van der Waals surface area (Å²) in [6.45, 7) is 4.03. The van der Waals surface area contributed by atoms with Crippen molar-refractivity contribution in [3.63, 3.8) is 0 Å². The standard InChI is InChI=1S/C17H20N6O2S/c1-11(2)23-14(8-9-18-23)19-15(24)10-22-16(20-21-17(22)26)12-4-6-13(25-3)7-5-12/h4-9,11H,10H2,1-3H3,(H,19,24)(H,21,26). The van der Waals surface area contributed by atoms with E-state index in [0.29, 0.717) is 16.4 Å². The molecule has 9 heteroatoms. The fourth-order valence-electron chi connectivity index (χ4n) is 2.58. The Morgan fingerprint density at radius 1 is 1.31 bits per heavy atom. The zero-order chi connectivity index (χ0) is 18.7. The highest BCUT2D eigenvalue weighted by Crippen LogP contribution is 2.21. The van der Waals surface area contributed by atoms with Gasteiger partial charge in [-0.15, -0.1) is 0 Å². The van der Waals surface area contributed by atoms with Crippen molar-refractivity contribution in [1.29, 1.82) is 0 Å². The van der Waals surface area contributed by atoms with Crippen molar-refractivity contribution in [3.05, 3.63) is 41.3 Å². The smallest absolute Gasteiger partial charge is 0.245 e. The quantitative estimate of drug-likeness (QED) is 0.649. The highest BCUT2D eigenvalue weighted by Gasteiger charge is 2.14. The number of hydrogen-bond acceptors (Lipinski definition) is 5. The van der Waals surface area contributed by atoms with Gasteiger partial charge in [0.25, 0.3) is 0 Å². The first-order chi connectivity index (χ1) is 12.5. The van der Waals surface area contributed by atoms with Crippen molar-refractivity contribution in [1.82, 2.24) is 24.5 Å². The monoisotopic (exact) mass is 372 g/mol. The van der Waals surface area contributed by atoms with Crippen LogP contribution in [0.4, 0.5) is 5.82 Å². The summed E-state index contributed by atoms with van der Waals surface area (Å²) in [6, 6.07) is 9.30. The van der Waals surface area contributed by atoms with Crippen LogP contribution in [-0.4, -0.2) is 37.6 Å². The van der Waals surface area contributed by atoms with E-state index in [1.165, 1.54) is 0 Å². The van der Waals surface area contributed by atoms with Gasteiger partial charge in [0.1, 0.15) is 18.1 Å². The van der Waals surface area contributed by atoms with E-state index in [2.05, 4.69) is 20.6 Å². The molecule has 0 atom stereocenters. The number of rotatable bonds is 6. The lowest BCUT2D eigenvalue weighted by Gasteiger charge is -2.12. The van der Waals surface area contributed by atoms with Gasteiger partial charge >= 0.3 is 0 Å². The Bertz CT molecular complexity index is 954. The molecule has 2 heterocycles. The molecule has 1 amide bonds. The summed E-state index contributed by atoms with van der Waals surface area (Å²) in [6.07, 6.45) is 1.65. The minimum atomic E-state index is -0.209. The van der Waals surface area contributed by atoms with E-state index < -0.39 is 0 Å². The minimum absolute atomic E-state index is 0.0416. The van der Waals surface area contributed by atoms with Crippen LogP contribution >= 0.6 is 12.2 Å². The summed E-state index contributed by atoms with van der Waals surface area (Å²) in [7, 11) is 1.61. The van der Waals surface area contributed by atoms with Gasteiger partial charge in [0.05, 0.1) is 13.3 Å². The van der Waals surface area contributed by atoms with E-state index in [1.54, 1.807) is 28.6 Å². The molecular formula is C17H20N6O2S. The Morgan fingerprint density at radius 2 is 2.04 bits per heavy atom. The second-order valence-electron chi connectivity index (χ2n) is 5.97. The van der Waals surface area contributed by atoms with Gasteiger partial charge in [-0.05, 0) is 50.3 Å². The van der Waals surface area contributed by atoms with Gasteiger partial charge in [-0.1, -0.05) is 0 Å². The third-order valence-electron chi connectivity index (χ3n) is 3.84. The van der Waals surface area contributed by atoms with E-state index >= 15 is 0 Å². The third-order valence-corrected chi connectivity index (χ3v) is 4.15. The fraction of sp³-hybridized carbons (Fsp3) is 0.294. The molecule has 0 spiro atoms. The maximum absolute atomic E-state index is 12.5. The predicted octanol–water partition coefficient (Wildman–Crippen LogP) is 3.03. The van der Waals surface area contributed by atoms with Gasteiger partial charge in [-0.3, -0.25) is 14.5 Å². The van der Waals surface area contributed by atoms with Gasteiger partial charge in [0, 0.05) is 17.7 Å². The molecule has 0 saturated carbocycles. The second-order valence-corrected chi connectivity index (χ2v) is 6.36. The molecule has 8 nitrogen and oxygen atoms in total. The molecule has 0 aliphatic heterocycles. The molecule has 2 aromatic heterocycles. The molecule has 0 bridgehead atoms. The number of nitrogens with zero attached hydrogens (tertiary/aromatic N) is 4. The Kier molecular flexibility index (Phi) is 5.17. The molecule has 0 aliphatic carbocycles. The fourth-order valence-corrected chi connectivity index (χ4v) is 2.77. The van der Waals surface area contributed by atoms with Crippen LogP contribution in [-0.2, 0) is 11.3 Å². The number of carbonyl (C=O) groups is 1. The van der Waals surface area contributed by atoms with Gasteiger partial charge < -0.3 is 10.1 Å². The normalized spacial score (nSPS) is 10.9. The van der Waals surface area contributed by atoms with Crippen LogP contribution in [0.3, 0.4) is 0 Å². The molecule has 0 fully saturated rings. The summed E-state index contributed by atoms with van der Waals surface area (Å²) < 4.78 is 8.95. The zero-order valence-electron chi connectivity index (χ0n) is 14.8. The number of aromatic nitrogens is 5. The lowest BCUT2D eigenvalue weighted by atomic mass is 10.2. The largest absolute Gasteiger partial charge is 0.497 e. The number of hydrogen-bond donors (Lipinski definition) is 2. The predicted molar refractivity (Wildman–Crippen MR) is 101 cm³/mol. The number of benzene rings is 1. The molecule has 0 saturated heterocycles. The summed E-state index contributed by atoms with van der Waals surface area (Å²) in [4.78, 5) is 12.5. The van der Waals surface area contributed by atoms with E-state index in [1.807, 2.05) is 38.1 Å². The molecular weight excluding hydrogens is 352 g/mol. The van der Waals surface area contributed by atoms with E-state index in [0.717, 1.165) is 11.3 Å². The average molecular weight is 372 g/mol. The van der Waals surface area contributed by atoms with Crippen LogP contribution in [0.1, 0.15) is 19.9 Å². The third kappa shape index (κ3) is 3.67. The number of H-pyrrole nitrogens is 1. The van der Waals surface area contributed by atoms with Crippen molar-refractivity contribution in [3.8, 4) is 17.1 Å². The molecule has 2 N–H and O–H groups in total. The molecule has 26 heavy (non-hydrogen) atoms. The van der Waals surface area contributed by atoms with Crippen LogP contribution in [0.5, 0.6) is 5.75 Å². The van der Waals surface area contributed by atoms with Crippen molar-refractivity contribution in [2.45, 2.75) is 26.4 Å². The molecule has 136 valence electrons. The number of nitrogens with one attached hydrogen (secondary N) is 2. The SMILES string of the molecule is COc1ccc(-c2n[nH]c(=S)n2CC(=O)Nc2ccnn2C(C)C)cc1. The Balaban J connectivity index is 1.81. The summed E-state index contributed by atoms with van der Waals surface area (Å²) in [5.74, 6) is 1.77. The number of ether oxygens (including phenoxy) is 1. The maximum atomic E-state index is 12.5. The van der Waals surface area contributed by atoms with Crippen LogP contribution in [0.15, 0.2) is 36.5 Å². The second kappa shape index (κ2) is 7.52. The number of amides is 1. The number of aromatic amines is 1. The Labute approximate surface area is 155 Å². The summed E-state index contributed by atoms with van der Waals surface area (Å²) in [5, 5.41) is 14.1. The number of carbonyl (C=O) groups excluding carboxylic acids is 1. The van der Waals surface area contributed by atoms with E-state index in [4.69, 9.17) is 17.0 Å². The Hall–Kier alpha value is -2.94. The van der Waals surface area contributed by atoms with Crippen LogP contribution in [0, 0.1) is 4.77 Å². The molecule has 0 unspecified atom stereocenters. The van der Waals surface area contributed by atoms with E-state index in [9.17, 15) is 4.79 Å². The van der Waals surface area contributed by atoms with Gasteiger partial charge in [0.2, 0.25) is 5.91 Å². The molecule has 0 radical (unpaired) electrons. The number of methoxy groups -OCH3 is 1. The van der Waals surface area contributed by atoms with Crippen LogP contribution in [0.2, 0.25) is 0 Å². The highest BCUT2D eigenvalue weighted by atomic mass is 32.1. The van der Waals surface area contributed by atoms with Crippen LogP contribution < -0.4 is 10.1 Å². The lowest BCUT2D eigenvalue weighted by Crippen LogP contribution is -2.22. The summed E-state index contributed by atoms with van der Waals surface area (Å²) >= 11 is 5.28. The van der Waals surface area contributed by atoms with Crippen molar-refractivity contribution in [2.75, 3.05) is 12.4 Å². The maximum Gasteiger partial charge on any atom is 0.245 e. The summed E-state index contributed by atoms with van der Waals surface area (Å²) in [5.41, 5.74) is 0.832. The Morgan fingerprint density at radius 3 is 2.69 bits per heavy atom. The first-order valence-electron chi connectivity index (χ1n) is 8.12. The van der Waals surface area contributed by atoms with E-state index in [-0.39, 0.29) is 18.5 Å². The zero-order valence-corrected chi connectivity index (χ0v) is 15.6. The molecule has 3 aromatic rings. The lowest BCUT2D eigenvalue weighted by molar-refractivity contribution is -0.116. The van der Waals surface area contributed by atoms with Gasteiger partial charge in [0.15, 0.2) is 10.6 Å². The number of anilines is 1. The van der Waals surface area contributed by atoms with Crippen LogP contribution in [0.25, 0.3) is 11.4 Å². The van der Waals surface area contributed by atoms with Crippen molar-refractivity contribution < 1.29 is 9.53 Å². The molecule has 3 rings (SSSR count). The molecule has 0 aliphatic rings. The molecule has 1 aromatic carbocycles. The topological polar surface area (TPSA) is 89.8 Å². The van der Waals surface area contributed by atoms with Gasteiger partial charge in [-0.25, -0.2) is 4.68 Å². The van der Waals surface area contributed by atoms with Gasteiger partial charge in [-0.2, -0.15) is 10.2 Å².